The fraction of sp³-hybridized carbons (Fsp3) is 0.429. The van der Waals surface area contributed by atoms with Crippen molar-refractivity contribution in [3.63, 3.8) is 0 Å². The van der Waals surface area contributed by atoms with Crippen molar-refractivity contribution in [3.05, 3.63) is 70.7 Å². The number of alkyl halides is 1. The Kier molecular flexibility index (Phi) is 8.67. The van der Waals surface area contributed by atoms with Crippen LogP contribution in [0.5, 0.6) is 0 Å². The summed E-state index contributed by atoms with van der Waals surface area (Å²) in [5.74, 6) is 1.06. The van der Waals surface area contributed by atoms with Crippen LogP contribution in [-0.2, 0) is 9.47 Å². The maximum absolute atomic E-state index is 9.88. The predicted molar refractivity (Wildman–Crippen MR) is 149 cm³/mol. The lowest BCUT2D eigenvalue weighted by atomic mass is 9.92. The van der Waals surface area contributed by atoms with Gasteiger partial charge in [-0.15, -0.1) is 11.6 Å². The van der Waals surface area contributed by atoms with Gasteiger partial charge in [0, 0.05) is 46.6 Å². The number of hydrogen-bond acceptors (Lipinski definition) is 5. The van der Waals surface area contributed by atoms with Gasteiger partial charge in [-0.05, 0) is 49.8 Å². The lowest BCUT2D eigenvalue weighted by molar-refractivity contribution is 0.107. The van der Waals surface area contributed by atoms with Gasteiger partial charge < -0.3 is 19.6 Å². The van der Waals surface area contributed by atoms with Crippen LogP contribution in [0.15, 0.2) is 59.4 Å². The molecule has 198 valence electrons. The van der Waals surface area contributed by atoms with E-state index >= 15 is 0 Å². The van der Waals surface area contributed by atoms with Crippen LogP contribution in [0, 0.1) is 6.92 Å². The maximum Gasteiger partial charge on any atom is 0.141 e. The number of H-pyrrole nitrogens is 1. The summed E-state index contributed by atoms with van der Waals surface area (Å²) in [7, 11) is 3.10. The number of pyridine rings is 1. The highest BCUT2D eigenvalue weighted by Crippen LogP contribution is 2.38. The number of aromatic nitrogens is 4. The number of nitrogens with one attached hydrogen (secondary N) is 1. The quantitative estimate of drug-likeness (QED) is 0.177. The van der Waals surface area contributed by atoms with E-state index < -0.39 is 0 Å². The summed E-state index contributed by atoms with van der Waals surface area (Å²) >= 11 is 12.6. The zero-order valence-electron chi connectivity index (χ0n) is 21.7. The van der Waals surface area contributed by atoms with Crippen molar-refractivity contribution in [2.24, 2.45) is 0 Å². The molecule has 0 aromatic carbocycles. The molecule has 1 saturated carbocycles. The van der Waals surface area contributed by atoms with Gasteiger partial charge in [-0.25, -0.2) is 4.98 Å². The number of methoxy groups -OCH3 is 2. The van der Waals surface area contributed by atoms with E-state index in [4.69, 9.17) is 37.8 Å². The van der Waals surface area contributed by atoms with E-state index in [-0.39, 0.29) is 17.9 Å². The first-order valence-corrected chi connectivity index (χ1v) is 13.3. The van der Waals surface area contributed by atoms with Crippen LogP contribution >= 0.6 is 23.2 Å². The number of aliphatic hydroxyl groups excluding tert-OH is 1. The monoisotopic (exact) mass is 544 g/mol. The molecule has 0 saturated heterocycles. The Hall–Kier alpha value is -2.74. The molecule has 9 heteroatoms. The Balaban J connectivity index is 1.65. The summed E-state index contributed by atoms with van der Waals surface area (Å²) in [6, 6.07) is 2.46. The molecule has 2 N–H and O–H groups in total. The number of aromatic amines is 1. The van der Waals surface area contributed by atoms with Crippen molar-refractivity contribution >= 4 is 34.2 Å². The summed E-state index contributed by atoms with van der Waals surface area (Å²) in [5, 5.41) is 16.0. The molecule has 0 unspecified atom stereocenters. The van der Waals surface area contributed by atoms with Crippen molar-refractivity contribution < 1.29 is 14.6 Å². The molecule has 1 fully saturated rings. The van der Waals surface area contributed by atoms with Gasteiger partial charge in [0.15, 0.2) is 0 Å². The Labute approximate surface area is 227 Å². The first-order chi connectivity index (χ1) is 17.8. The highest BCUT2D eigenvalue weighted by atomic mass is 35.5. The summed E-state index contributed by atoms with van der Waals surface area (Å²) in [5.41, 5.74) is 5.68. The van der Waals surface area contributed by atoms with E-state index in [2.05, 4.69) is 41.1 Å². The molecule has 37 heavy (non-hydrogen) atoms. The number of aliphatic hydroxyl groups is 1. The molecule has 0 amide bonds. The molecule has 0 bridgehead atoms. The molecule has 7 nitrogen and oxygen atoms in total. The average molecular weight is 546 g/mol. The summed E-state index contributed by atoms with van der Waals surface area (Å²) < 4.78 is 12.9. The lowest BCUT2D eigenvalue weighted by Crippen LogP contribution is -2.22. The molecule has 4 rings (SSSR count). The zero-order valence-corrected chi connectivity index (χ0v) is 23.2. The molecule has 0 aliphatic heterocycles. The summed E-state index contributed by atoms with van der Waals surface area (Å²) in [6.45, 7) is 8.41. The molecule has 3 aromatic heterocycles. The second-order valence-electron chi connectivity index (χ2n) is 9.49. The topological polar surface area (TPSA) is 85.2 Å². The Morgan fingerprint density at radius 3 is 2.65 bits per heavy atom. The highest BCUT2D eigenvalue weighted by Gasteiger charge is 2.24. The Morgan fingerprint density at radius 2 is 2.00 bits per heavy atom. The number of ether oxygens (including phenoxy) is 2. The van der Waals surface area contributed by atoms with E-state index in [1.54, 1.807) is 20.3 Å². The Morgan fingerprint density at radius 1 is 1.27 bits per heavy atom. The Bertz CT molecular complexity index is 1330. The van der Waals surface area contributed by atoms with Crippen LogP contribution in [0.25, 0.3) is 22.2 Å². The highest BCUT2D eigenvalue weighted by molar-refractivity contribution is 6.32. The second kappa shape index (κ2) is 11.8. The summed E-state index contributed by atoms with van der Waals surface area (Å²) in [6.07, 6.45) is 10.7. The summed E-state index contributed by atoms with van der Waals surface area (Å²) in [4.78, 5) is 7.96. The minimum Gasteiger partial charge on any atom is -0.500 e. The normalized spacial score (nSPS) is 20.0. The fourth-order valence-corrected chi connectivity index (χ4v) is 5.43. The average Bonchev–Trinajstić information content (AvgIpc) is 3.51. The standard InChI is InChI=1S/C28H34Cl2N4O3/c1-16(17(2)27(30)26(37-5)11-22(12-29)36-4)24-14-32-28-23(24)10-19(13-31-28)25-15-33-34(18(25)3)20-6-8-21(35)9-7-20/h10-11,13-16,20-21,35H,2,6-9,12H2,1,3-5H3,(H,31,32)/b22-11+,27-26-/t16-,20?,21?/m1/s1. The van der Waals surface area contributed by atoms with Crippen LogP contribution in [-0.4, -0.2) is 51.1 Å². The van der Waals surface area contributed by atoms with Gasteiger partial charge in [-0.1, -0.05) is 25.1 Å². The number of rotatable bonds is 9. The van der Waals surface area contributed by atoms with Crippen molar-refractivity contribution in [2.45, 2.75) is 57.6 Å². The molecular weight excluding hydrogens is 511 g/mol. The number of nitrogens with zero attached hydrogens (tertiary/aromatic N) is 3. The minimum atomic E-state index is -0.191. The van der Waals surface area contributed by atoms with E-state index in [1.165, 1.54) is 0 Å². The molecule has 1 aliphatic rings. The third-order valence-corrected chi connectivity index (χ3v) is 8.02. The molecule has 1 atom stereocenters. The number of fused-ring (bicyclic) bond motifs is 1. The van der Waals surface area contributed by atoms with E-state index in [1.807, 2.05) is 18.6 Å². The van der Waals surface area contributed by atoms with Gasteiger partial charge in [-0.2, -0.15) is 5.10 Å². The van der Waals surface area contributed by atoms with Crippen LogP contribution in [0.1, 0.15) is 55.8 Å². The van der Waals surface area contributed by atoms with Gasteiger partial charge in [0.1, 0.15) is 17.2 Å². The van der Waals surface area contributed by atoms with E-state index in [9.17, 15) is 5.11 Å². The van der Waals surface area contributed by atoms with Crippen molar-refractivity contribution in [1.82, 2.24) is 19.7 Å². The first-order valence-electron chi connectivity index (χ1n) is 12.4. The smallest absolute Gasteiger partial charge is 0.141 e. The van der Waals surface area contributed by atoms with Gasteiger partial charge >= 0.3 is 0 Å². The van der Waals surface area contributed by atoms with Crippen LogP contribution < -0.4 is 0 Å². The van der Waals surface area contributed by atoms with Crippen LogP contribution in [0.2, 0.25) is 0 Å². The molecule has 0 radical (unpaired) electrons. The third kappa shape index (κ3) is 5.59. The zero-order chi connectivity index (χ0) is 26.7. The van der Waals surface area contributed by atoms with Crippen LogP contribution in [0.4, 0.5) is 0 Å². The number of hydrogen-bond donors (Lipinski definition) is 2. The van der Waals surface area contributed by atoms with E-state index in [0.717, 1.165) is 59.1 Å². The second-order valence-corrected chi connectivity index (χ2v) is 10.1. The largest absolute Gasteiger partial charge is 0.500 e. The van der Waals surface area contributed by atoms with Gasteiger partial charge in [0.2, 0.25) is 0 Å². The van der Waals surface area contributed by atoms with E-state index in [0.29, 0.717) is 28.2 Å². The van der Waals surface area contributed by atoms with Crippen molar-refractivity contribution in [3.8, 4) is 11.1 Å². The maximum atomic E-state index is 9.88. The number of allylic oxidation sites excluding steroid dienone is 4. The minimum absolute atomic E-state index is 0.115. The molecule has 1 aliphatic carbocycles. The molecule has 0 spiro atoms. The number of halogens is 2. The molecule has 3 heterocycles. The SMILES string of the molecule is C=C(/C(Cl)=C(\C=C(/CCl)OC)OC)[C@@H](C)c1c[nH]c2ncc(-c3cnn(C4CCC(O)CC4)c3C)cc12. The first kappa shape index (κ1) is 27.3. The van der Waals surface area contributed by atoms with Gasteiger partial charge in [-0.3, -0.25) is 4.68 Å². The van der Waals surface area contributed by atoms with Gasteiger partial charge in [0.25, 0.3) is 0 Å². The van der Waals surface area contributed by atoms with Gasteiger partial charge in [0.05, 0.1) is 43.5 Å². The van der Waals surface area contributed by atoms with Crippen LogP contribution in [0.3, 0.4) is 0 Å². The lowest BCUT2D eigenvalue weighted by Gasteiger charge is -2.26. The molecule has 3 aromatic rings. The third-order valence-electron chi connectivity index (χ3n) is 7.32. The molecular formula is C28H34Cl2N4O3. The fourth-order valence-electron chi connectivity index (χ4n) is 4.95. The predicted octanol–water partition coefficient (Wildman–Crippen LogP) is 6.74. The van der Waals surface area contributed by atoms with Crippen molar-refractivity contribution in [1.29, 1.82) is 0 Å². The van der Waals surface area contributed by atoms with Crippen molar-refractivity contribution in [2.75, 3.05) is 20.1 Å².